The van der Waals surface area contributed by atoms with Crippen LogP contribution in [0.1, 0.15) is 49.6 Å². The Balaban J connectivity index is 1.74. The van der Waals surface area contributed by atoms with Gasteiger partial charge in [-0.3, -0.25) is 14.4 Å². The number of para-hydroxylation sites is 1. The third kappa shape index (κ3) is 5.12. The molecule has 0 aliphatic carbocycles. The maximum atomic E-state index is 13.3. The summed E-state index contributed by atoms with van der Waals surface area (Å²) in [6, 6.07) is 16.2. The number of hydrogen-bond acceptors (Lipinski definition) is 7. The Morgan fingerprint density at radius 1 is 0.971 bits per heavy atom. The van der Waals surface area contributed by atoms with Crippen LogP contribution in [0.4, 0.5) is 11.4 Å². The average Bonchev–Trinajstić information content (AvgIpc) is 3.25. The Hall–Kier alpha value is -4.31. The van der Waals surface area contributed by atoms with E-state index in [4.69, 9.17) is 0 Å². The molecule has 0 saturated heterocycles. The minimum absolute atomic E-state index is 0.0359. The largest absolute Gasteiger partial charge is 0.465 e. The molecule has 4 aromatic rings. The predicted octanol–water partition coefficient (Wildman–Crippen LogP) is 4.00. The van der Waals surface area contributed by atoms with E-state index in [1.807, 2.05) is 13.0 Å². The molecule has 0 radical (unpaired) electrons. The van der Waals surface area contributed by atoms with Crippen LogP contribution in [0.2, 0.25) is 0 Å². The maximum absolute atomic E-state index is 13.3. The van der Waals surface area contributed by atoms with E-state index < -0.39 is 23.3 Å². The first-order valence-corrected chi connectivity index (χ1v) is 11.6. The summed E-state index contributed by atoms with van der Waals surface area (Å²) < 4.78 is 5.84. The summed E-state index contributed by atoms with van der Waals surface area (Å²) in [5.41, 5.74) is 1.31. The van der Waals surface area contributed by atoms with E-state index in [2.05, 4.69) is 20.4 Å². The molecule has 0 aliphatic heterocycles. The molecular weight excluding hydrogens is 468 g/mol. The second-order valence-electron chi connectivity index (χ2n) is 7.58. The van der Waals surface area contributed by atoms with Crippen molar-refractivity contribution in [3.8, 4) is 0 Å². The average molecular weight is 491 g/mol. The molecule has 0 aliphatic rings. The number of aromatic nitrogens is 2. The van der Waals surface area contributed by atoms with Crippen LogP contribution in [0.25, 0.3) is 4.96 Å². The van der Waals surface area contributed by atoms with Crippen LogP contribution in [0, 0.1) is 0 Å². The third-order valence-electron chi connectivity index (χ3n) is 5.10. The molecule has 2 heterocycles. The molecule has 0 bridgehead atoms. The van der Waals surface area contributed by atoms with Gasteiger partial charge in [0.1, 0.15) is 10.6 Å². The molecule has 2 aromatic carbocycles. The van der Waals surface area contributed by atoms with Crippen molar-refractivity contribution >= 4 is 45.5 Å². The Labute approximate surface area is 204 Å². The van der Waals surface area contributed by atoms with Gasteiger partial charge in [-0.25, -0.2) is 14.2 Å². The Kier molecular flexibility index (Phi) is 7.02. The van der Waals surface area contributed by atoms with Crippen molar-refractivity contribution < 1.29 is 19.1 Å². The van der Waals surface area contributed by atoms with Gasteiger partial charge < -0.3 is 15.4 Å². The smallest absolute Gasteiger partial charge is 0.337 e. The monoisotopic (exact) mass is 490 g/mol. The lowest BCUT2D eigenvalue weighted by molar-refractivity contribution is 0.0600. The lowest BCUT2D eigenvalue weighted by Crippen LogP contribution is -2.25. The van der Waals surface area contributed by atoms with E-state index in [9.17, 15) is 19.2 Å². The first-order chi connectivity index (χ1) is 16.9. The van der Waals surface area contributed by atoms with Crippen molar-refractivity contribution in [2.45, 2.75) is 19.8 Å². The van der Waals surface area contributed by atoms with Gasteiger partial charge in [0.25, 0.3) is 17.4 Å². The molecule has 2 amide bonds. The van der Waals surface area contributed by atoms with Crippen LogP contribution in [0.15, 0.2) is 65.5 Å². The number of amides is 2. The fraction of sp³-hybridized carbons (Fsp3) is 0.160. The number of esters is 1. The molecule has 0 saturated carbocycles. The van der Waals surface area contributed by atoms with Gasteiger partial charge in [0, 0.05) is 23.1 Å². The summed E-state index contributed by atoms with van der Waals surface area (Å²) in [5.74, 6) is -1.69. The number of anilines is 2. The number of methoxy groups -OCH3 is 1. The summed E-state index contributed by atoms with van der Waals surface area (Å²) in [7, 11) is 1.28. The quantitative estimate of drug-likeness (QED) is 0.378. The van der Waals surface area contributed by atoms with Crippen LogP contribution in [-0.4, -0.2) is 34.3 Å². The molecule has 10 heteroatoms. The molecule has 35 heavy (non-hydrogen) atoms. The Morgan fingerprint density at radius 3 is 2.29 bits per heavy atom. The number of carbonyl (C=O) groups is 3. The first kappa shape index (κ1) is 23.8. The first-order valence-electron chi connectivity index (χ1n) is 10.8. The molecule has 0 spiro atoms. The zero-order chi connectivity index (χ0) is 24.9. The fourth-order valence-electron chi connectivity index (χ4n) is 3.47. The normalized spacial score (nSPS) is 10.7. The van der Waals surface area contributed by atoms with Gasteiger partial charge >= 0.3 is 5.97 Å². The summed E-state index contributed by atoms with van der Waals surface area (Å²) in [5, 5.41) is 5.46. The lowest BCUT2D eigenvalue weighted by Gasteiger charge is -2.08. The number of benzene rings is 2. The number of aryl methyl sites for hydroxylation is 1. The molecule has 2 N–H and O–H groups in total. The molecule has 0 atom stereocenters. The van der Waals surface area contributed by atoms with Crippen LogP contribution in [0.5, 0.6) is 0 Å². The van der Waals surface area contributed by atoms with Gasteiger partial charge in [0.05, 0.1) is 12.7 Å². The molecule has 0 fully saturated rings. The number of nitrogens with one attached hydrogen (secondary N) is 2. The van der Waals surface area contributed by atoms with Crippen molar-refractivity contribution in [2.24, 2.45) is 0 Å². The van der Waals surface area contributed by atoms with Crippen LogP contribution in [0.3, 0.4) is 0 Å². The zero-order valence-electron chi connectivity index (χ0n) is 19.0. The van der Waals surface area contributed by atoms with Crippen molar-refractivity contribution in [1.29, 1.82) is 0 Å². The molecular formula is C25H22N4O5S. The van der Waals surface area contributed by atoms with Crippen molar-refractivity contribution in [3.63, 3.8) is 0 Å². The van der Waals surface area contributed by atoms with E-state index in [0.717, 1.165) is 22.2 Å². The number of ether oxygens (including phenoxy) is 1. The summed E-state index contributed by atoms with van der Waals surface area (Å²) in [6.07, 6.45) is 1.40. The van der Waals surface area contributed by atoms with Gasteiger partial charge in [0.15, 0.2) is 4.96 Å². The van der Waals surface area contributed by atoms with E-state index in [0.29, 0.717) is 29.1 Å². The van der Waals surface area contributed by atoms with Crippen LogP contribution < -0.4 is 16.2 Å². The maximum Gasteiger partial charge on any atom is 0.337 e. The molecule has 2 aromatic heterocycles. The van der Waals surface area contributed by atoms with E-state index in [-0.39, 0.29) is 15.5 Å². The SMILES string of the molecule is CCCc1cc(=O)n2c(C(=O)Nc3ccccc3)c(C(=O)Nc3ccc(C(=O)OC)cc3)sc2n1. The minimum Gasteiger partial charge on any atom is -0.465 e. The van der Waals surface area contributed by atoms with E-state index in [1.54, 1.807) is 36.4 Å². The number of hydrogen-bond donors (Lipinski definition) is 2. The number of nitrogens with zero attached hydrogens (tertiary/aromatic N) is 2. The van der Waals surface area contributed by atoms with Crippen molar-refractivity contribution in [1.82, 2.24) is 9.38 Å². The second-order valence-corrected chi connectivity index (χ2v) is 8.55. The van der Waals surface area contributed by atoms with Crippen LogP contribution >= 0.6 is 11.3 Å². The van der Waals surface area contributed by atoms with Gasteiger partial charge in [-0.1, -0.05) is 42.9 Å². The molecule has 178 valence electrons. The fourth-order valence-corrected chi connectivity index (χ4v) is 4.51. The highest BCUT2D eigenvalue weighted by Gasteiger charge is 2.26. The predicted molar refractivity (Wildman–Crippen MR) is 133 cm³/mol. The zero-order valence-corrected chi connectivity index (χ0v) is 19.8. The van der Waals surface area contributed by atoms with Gasteiger partial charge in [-0.15, -0.1) is 0 Å². The highest BCUT2D eigenvalue weighted by molar-refractivity contribution is 7.19. The number of rotatable bonds is 7. The standard InChI is InChI=1S/C25H22N4O5S/c1-3-7-18-14-19(30)29-20(22(31)26-16-8-5-4-6-9-16)21(35-25(29)28-18)23(32)27-17-12-10-15(11-13-17)24(33)34-2/h4-6,8-14H,3,7H2,1-2H3,(H,26,31)(H,27,32). The van der Waals surface area contributed by atoms with Gasteiger partial charge in [-0.2, -0.15) is 0 Å². The lowest BCUT2D eigenvalue weighted by atomic mass is 10.2. The summed E-state index contributed by atoms with van der Waals surface area (Å²) >= 11 is 0.961. The van der Waals surface area contributed by atoms with Crippen molar-refractivity contribution in [3.05, 3.63) is 92.8 Å². The second kappa shape index (κ2) is 10.3. The van der Waals surface area contributed by atoms with E-state index in [1.165, 1.54) is 25.3 Å². The third-order valence-corrected chi connectivity index (χ3v) is 6.14. The Morgan fingerprint density at radius 2 is 1.63 bits per heavy atom. The summed E-state index contributed by atoms with van der Waals surface area (Å²) in [6.45, 7) is 1.97. The van der Waals surface area contributed by atoms with Crippen LogP contribution in [-0.2, 0) is 11.2 Å². The molecule has 0 unspecified atom stereocenters. The molecule has 4 rings (SSSR count). The van der Waals surface area contributed by atoms with E-state index >= 15 is 0 Å². The number of carbonyl (C=O) groups excluding carboxylic acids is 3. The molecule has 9 nitrogen and oxygen atoms in total. The van der Waals surface area contributed by atoms with Gasteiger partial charge in [0.2, 0.25) is 0 Å². The summed E-state index contributed by atoms with van der Waals surface area (Å²) in [4.78, 5) is 55.9. The minimum atomic E-state index is -0.610. The van der Waals surface area contributed by atoms with Crippen molar-refractivity contribution in [2.75, 3.05) is 17.7 Å². The highest BCUT2D eigenvalue weighted by atomic mass is 32.1. The topological polar surface area (TPSA) is 119 Å². The number of fused-ring (bicyclic) bond motifs is 1. The van der Waals surface area contributed by atoms with Gasteiger partial charge in [-0.05, 0) is 42.8 Å². The Bertz CT molecular complexity index is 1460. The highest BCUT2D eigenvalue weighted by Crippen LogP contribution is 2.24. The number of thiazole rings is 1.